The monoisotopic (exact) mass is 421 g/mol. The fraction of sp³-hybridized carbons (Fsp3) is 0.0870. The molecule has 0 heterocycles. The number of hydrogen-bond acceptors (Lipinski definition) is 4. The number of para-hydroxylation sites is 1. The summed E-state index contributed by atoms with van der Waals surface area (Å²) in [5.74, 6) is -0.335. The Balaban J connectivity index is 1.78. The first-order valence-electron chi connectivity index (χ1n) is 9.38. The number of hydrogen-bond donors (Lipinski definition) is 2. The number of hydrazine groups is 1. The van der Waals surface area contributed by atoms with Crippen molar-refractivity contribution in [2.75, 3.05) is 11.6 Å². The Hall–Kier alpha value is -3.42. The van der Waals surface area contributed by atoms with Gasteiger partial charge in [0.25, 0.3) is 5.91 Å². The molecule has 154 valence electrons. The lowest BCUT2D eigenvalue weighted by atomic mass is 10.2. The highest BCUT2D eigenvalue weighted by atomic mass is 32.2. The molecule has 6 nitrogen and oxygen atoms in total. The average Bonchev–Trinajstić information content (AvgIpc) is 2.78. The molecule has 0 radical (unpaired) electrons. The number of nitrogens with one attached hydrogen (secondary N) is 2. The van der Waals surface area contributed by atoms with Gasteiger partial charge in [-0.2, -0.15) is 0 Å². The van der Waals surface area contributed by atoms with Crippen molar-refractivity contribution in [1.29, 1.82) is 0 Å². The van der Waals surface area contributed by atoms with E-state index in [1.165, 1.54) is 30.3 Å². The second-order valence-electron chi connectivity index (χ2n) is 6.51. The first-order valence-corrected chi connectivity index (χ1v) is 10.9. The van der Waals surface area contributed by atoms with E-state index in [-0.39, 0.29) is 17.3 Å². The first-order chi connectivity index (χ1) is 14.5. The Morgan fingerprint density at radius 1 is 0.900 bits per heavy atom. The second kappa shape index (κ2) is 9.87. The van der Waals surface area contributed by atoms with Crippen LogP contribution in [0.5, 0.6) is 0 Å². The molecular formula is C23H23N3O3S. The topological polar surface area (TPSA) is 78.5 Å². The van der Waals surface area contributed by atoms with Gasteiger partial charge in [-0.3, -0.25) is 15.2 Å². The minimum atomic E-state index is -3.63. The van der Waals surface area contributed by atoms with Crippen LogP contribution >= 0.6 is 0 Å². The number of sulfonamides is 1. The molecule has 3 rings (SSSR count). The van der Waals surface area contributed by atoms with Gasteiger partial charge in [-0.15, -0.1) is 6.58 Å². The molecule has 0 aliphatic heterocycles. The lowest BCUT2D eigenvalue weighted by Crippen LogP contribution is -2.42. The molecule has 2 N–H and O–H groups in total. The molecule has 0 bridgehead atoms. The van der Waals surface area contributed by atoms with E-state index >= 15 is 0 Å². The zero-order valence-electron chi connectivity index (χ0n) is 16.4. The number of anilines is 1. The van der Waals surface area contributed by atoms with Crippen molar-refractivity contribution >= 4 is 21.6 Å². The second-order valence-corrected chi connectivity index (χ2v) is 8.28. The van der Waals surface area contributed by atoms with Crippen molar-refractivity contribution < 1.29 is 13.2 Å². The Bertz CT molecular complexity index is 1080. The zero-order valence-corrected chi connectivity index (χ0v) is 17.2. The Morgan fingerprint density at radius 2 is 1.50 bits per heavy atom. The molecule has 0 saturated carbocycles. The zero-order chi connectivity index (χ0) is 21.4. The highest BCUT2D eigenvalue weighted by Gasteiger charge is 2.16. The molecule has 0 aromatic heterocycles. The van der Waals surface area contributed by atoms with Gasteiger partial charge in [-0.1, -0.05) is 54.6 Å². The molecule has 0 fully saturated rings. The van der Waals surface area contributed by atoms with Gasteiger partial charge in [0.2, 0.25) is 10.0 Å². The average molecular weight is 422 g/mol. The van der Waals surface area contributed by atoms with E-state index in [1.807, 2.05) is 60.7 Å². The van der Waals surface area contributed by atoms with Gasteiger partial charge in [0.15, 0.2) is 0 Å². The maximum atomic E-state index is 12.8. The van der Waals surface area contributed by atoms with E-state index in [0.717, 1.165) is 11.3 Å². The quantitative estimate of drug-likeness (QED) is 0.409. The summed E-state index contributed by atoms with van der Waals surface area (Å²) in [5.41, 5.74) is 5.13. The summed E-state index contributed by atoms with van der Waals surface area (Å²) < 4.78 is 26.7. The van der Waals surface area contributed by atoms with Crippen LogP contribution in [0.15, 0.2) is 102 Å². The summed E-state index contributed by atoms with van der Waals surface area (Å²) in [6.45, 7) is 4.11. The van der Waals surface area contributed by atoms with Crippen LogP contribution in [0.1, 0.15) is 15.9 Å². The minimum Gasteiger partial charge on any atom is -0.281 e. The molecule has 0 spiro atoms. The number of amides is 1. The van der Waals surface area contributed by atoms with Gasteiger partial charge >= 0.3 is 0 Å². The lowest BCUT2D eigenvalue weighted by Gasteiger charge is -2.25. The molecule has 0 saturated heterocycles. The van der Waals surface area contributed by atoms with Crippen molar-refractivity contribution in [2.24, 2.45) is 0 Å². The fourth-order valence-corrected chi connectivity index (χ4v) is 3.79. The molecule has 0 atom stereocenters. The highest BCUT2D eigenvalue weighted by Crippen LogP contribution is 2.16. The van der Waals surface area contributed by atoms with Crippen LogP contribution in [0.25, 0.3) is 0 Å². The summed E-state index contributed by atoms with van der Waals surface area (Å²) in [5, 5.41) is 1.76. The summed E-state index contributed by atoms with van der Waals surface area (Å²) >= 11 is 0. The minimum absolute atomic E-state index is 0.0881. The molecule has 0 aliphatic rings. The van der Waals surface area contributed by atoms with E-state index in [0.29, 0.717) is 12.1 Å². The van der Waals surface area contributed by atoms with Crippen molar-refractivity contribution in [1.82, 2.24) is 10.1 Å². The number of rotatable bonds is 9. The summed E-state index contributed by atoms with van der Waals surface area (Å²) in [6.07, 6.45) is 1.46. The van der Waals surface area contributed by atoms with Crippen LogP contribution in [0.4, 0.5) is 5.69 Å². The van der Waals surface area contributed by atoms with Gasteiger partial charge < -0.3 is 0 Å². The Morgan fingerprint density at radius 3 is 2.10 bits per heavy atom. The molecule has 7 heteroatoms. The molecular weight excluding hydrogens is 398 g/mol. The number of carbonyl (C=O) groups is 1. The fourth-order valence-electron chi connectivity index (χ4n) is 2.79. The third-order valence-electron chi connectivity index (χ3n) is 4.33. The van der Waals surface area contributed by atoms with Gasteiger partial charge in [-0.05, 0) is 42.0 Å². The predicted molar refractivity (Wildman–Crippen MR) is 118 cm³/mol. The standard InChI is InChI=1S/C23H23N3O3S/c1-2-17-24-30(28,29)22-15-13-20(14-16-22)23(27)25-26(21-11-7-4-8-12-21)18-19-9-5-3-6-10-19/h2-16,24H,1,17-18H2,(H,25,27). The smallest absolute Gasteiger partial charge is 0.269 e. The summed E-state index contributed by atoms with van der Waals surface area (Å²) in [7, 11) is -3.63. The molecule has 0 aliphatic carbocycles. The molecule has 3 aromatic rings. The molecule has 1 amide bonds. The van der Waals surface area contributed by atoms with Crippen LogP contribution in [0.2, 0.25) is 0 Å². The third-order valence-corrected chi connectivity index (χ3v) is 5.77. The SMILES string of the molecule is C=CCNS(=O)(=O)c1ccc(C(=O)NN(Cc2ccccc2)c2ccccc2)cc1. The Kier molecular flexibility index (Phi) is 7.00. The van der Waals surface area contributed by atoms with Crippen LogP contribution in [-0.4, -0.2) is 20.9 Å². The normalized spacial score (nSPS) is 10.9. The van der Waals surface area contributed by atoms with Crippen LogP contribution in [0.3, 0.4) is 0 Å². The highest BCUT2D eigenvalue weighted by molar-refractivity contribution is 7.89. The van der Waals surface area contributed by atoms with Crippen LogP contribution in [0, 0.1) is 0 Å². The van der Waals surface area contributed by atoms with Crippen LogP contribution < -0.4 is 15.2 Å². The molecule has 0 unspecified atom stereocenters. The van der Waals surface area contributed by atoms with Crippen LogP contribution in [-0.2, 0) is 16.6 Å². The number of benzene rings is 3. The van der Waals surface area contributed by atoms with Gasteiger partial charge in [0, 0.05) is 12.1 Å². The first kappa shape index (κ1) is 21.3. The van der Waals surface area contributed by atoms with Gasteiger partial charge in [0.1, 0.15) is 0 Å². The van der Waals surface area contributed by atoms with Gasteiger partial charge in [-0.25, -0.2) is 13.1 Å². The van der Waals surface area contributed by atoms with Crippen molar-refractivity contribution in [3.05, 3.63) is 109 Å². The van der Waals surface area contributed by atoms with Crippen molar-refractivity contribution in [3.63, 3.8) is 0 Å². The maximum Gasteiger partial charge on any atom is 0.269 e. The van der Waals surface area contributed by atoms with Gasteiger partial charge in [0.05, 0.1) is 17.1 Å². The van der Waals surface area contributed by atoms with Crippen molar-refractivity contribution in [2.45, 2.75) is 11.4 Å². The molecule has 30 heavy (non-hydrogen) atoms. The summed E-state index contributed by atoms with van der Waals surface area (Å²) in [4.78, 5) is 12.9. The van der Waals surface area contributed by atoms with E-state index in [9.17, 15) is 13.2 Å². The van der Waals surface area contributed by atoms with E-state index in [4.69, 9.17) is 0 Å². The maximum absolute atomic E-state index is 12.8. The number of nitrogens with zero attached hydrogens (tertiary/aromatic N) is 1. The molecule has 3 aromatic carbocycles. The van der Waals surface area contributed by atoms with E-state index in [1.54, 1.807) is 5.01 Å². The predicted octanol–water partition coefficient (Wildman–Crippen LogP) is 3.50. The Labute approximate surface area is 176 Å². The van der Waals surface area contributed by atoms with E-state index < -0.39 is 10.0 Å². The van der Waals surface area contributed by atoms with Crippen molar-refractivity contribution in [3.8, 4) is 0 Å². The van der Waals surface area contributed by atoms with E-state index in [2.05, 4.69) is 16.7 Å². The lowest BCUT2D eigenvalue weighted by molar-refractivity contribution is 0.0948. The number of carbonyl (C=O) groups excluding carboxylic acids is 1. The summed E-state index contributed by atoms with van der Waals surface area (Å²) in [6, 6.07) is 25.1. The third kappa shape index (κ3) is 5.56. The largest absolute Gasteiger partial charge is 0.281 e.